The van der Waals surface area contributed by atoms with Gasteiger partial charge >= 0.3 is 0 Å². The first kappa shape index (κ1) is 15.6. The molecule has 2 aromatic heterocycles. The van der Waals surface area contributed by atoms with Gasteiger partial charge in [-0.05, 0) is 37.6 Å². The molecule has 1 unspecified atom stereocenters. The normalized spacial score (nSPS) is 12.6. The minimum Gasteiger partial charge on any atom is -0.345 e. The zero-order valence-corrected chi connectivity index (χ0v) is 13.7. The number of carbonyl (C=O) groups excluding carboxylic acids is 1. The topological polar surface area (TPSA) is 46.9 Å². The number of amides is 1. The second kappa shape index (κ2) is 5.73. The van der Waals surface area contributed by atoms with E-state index in [0.29, 0.717) is 10.4 Å². The van der Waals surface area contributed by atoms with Gasteiger partial charge in [-0.3, -0.25) is 9.48 Å². The molecule has 0 saturated heterocycles. The van der Waals surface area contributed by atoms with E-state index in [0.717, 1.165) is 28.0 Å². The molecule has 0 spiro atoms. The second-order valence-corrected chi connectivity index (χ2v) is 6.44. The van der Waals surface area contributed by atoms with Crippen molar-refractivity contribution in [2.24, 2.45) is 7.05 Å². The maximum atomic E-state index is 13.3. The summed E-state index contributed by atoms with van der Waals surface area (Å²) >= 11 is 1.35. The molecule has 3 rings (SSSR count). The van der Waals surface area contributed by atoms with Gasteiger partial charge in [-0.2, -0.15) is 5.10 Å². The van der Waals surface area contributed by atoms with Crippen LogP contribution in [0.25, 0.3) is 10.2 Å². The maximum Gasteiger partial charge on any atom is 0.261 e. The van der Waals surface area contributed by atoms with Crippen LogP contribution in [0.15, 0.2) is 24.3 Å². The molecule has 0 bridgehead atoms. The zero-order valence-electron chi connectivity index (χ0n) is 12.9. The first-order valence-corrected chi connectivity index (χ1v) is 7.87. The molecule has 4 nitrogen and oxygen atoms in total. The zero-order chi connectivity index (χ0) is 16.7. The van der Waals surface area contributed by atoms with E-state index in [1.165, 1.54) is 17.4 Å². The lowest BCUT2D eigenvalue weighted by Crippen LogP contribution is -2.26. The van der Waals surface area contributed by atoms with Crippen LogP contribution in [-0.4, -0.2) is 15.7 Å². The molecule has 1 aromatic carbocycles. The minimum atomic E-state index is -0.924. The van der Waals surface area contributed by atoms with E-state index < -0.39 is 17.7 Å². The van der Waals surface area contributed by atoms with Crippen LogP contribution < -0.4 is 5.32 Å². The largest absolute Gasteiger partial charge is 0.345 e. The summed E-state index contributed by atoms with van der Waals surface area (Å²) in [4.78, 5) is 13.9. The smallest absolute Gasteiger partial charge is 0.261 e. The fourth-order valence-corrected chi connectivity index (χ4v) is 3.48. The number of halogens is 2. The molecule has 120 valence electrons. The summed E-state index contributed by atoms with van der Waals surface area (Å²) in [6, 6.07) is 4.99. The van der Waals surface area contributed by atoms with E-state index in [1.54, 1.807) is 17.7 Å². The summed E-state index contributed by atoms with van der Waals surface area (Å²) < 4.78 is 28.0. The first-order valence-electron chi connectivity index (χ1n) is 7.05. The van der Waals surface area contributed by atoms with E-state index in [4.69, 9.17) is 0 Å². The third kappa shape index (κ3) is 2.84. The summed E-state index contributed by atoms with van der Waals surface area (Å²) in [5.41, 5.74) is 1.38. The Morgan fingerprint density at radius 2 is 2.04 bits per heavy atom. The number of hydrogen-bond acceptors (Lipinski definition) is 3. The molecule has 0 aliphatic rings. The Kier molecular flexibility index (Phi) is 3.89. The molecule has 2 heterocycles. The predicted octanol–water partition coefficient (Wildman–Crippen LogP) is 3.71. The molecule has 0 aliphatic carbocycles. The Morgan fingerprint density at radius 3 is 2.70 bits per heavy atom. The number of rotatable bonds is 3. The molecule has 1 atom stereocenters. The lowest BCUT2D eigenvalue weighted by molar-refractivity contribution is 0.0944. The molecule has 0 aliphatic heterocycles. The molecule has 0 radical (unpaired) electrons. The highest BCUT2D eigenvalue weighted by molar-refractivity contribution is 7.20. The summed E-state index contributed by atoms with van der Waals surface area (Å²) in [6.07, 6.45) is 0. The Bertz CT molecular complexity index is 866. The molecule has 3 aromatic rings. The number of benzene rings is 1. The lowest BCUT2D eigenvalue weighted by Gasteiger charge is -2.13. The Labute approximate surface area is 135 Å². The summed E-state index contributed by atoms with van der Waals surface area (Å²) in [6.45, 7) is 3.62. The number of nitrogens with zero attached hydrogens (tertiary/aromatic N) is 2. The average Bonchev–Trinajstić information content (AvgIpc) is 3.04. The highest BCUT2D eigenvalue weighted by Gasteiger charge is 2.18. The van der Waals surface area contributed by atoms with Gasteiger partial charge in [-0.1, -0.05) is 6.07 Å². The fourth-order valence-electron chi connectivity index (χ4n) is 2.45. The molecule has 23 heavy (non-hydrogen) atoms. The van der Waals surface area contributed by atoms with Gasteiger partial charge in [0.25, 0.3) is 5.91 Å². The summed E-state index contributed by atoms with van der Waals surface area (Å²) in [5, 5.41) is 8.04. The number of fused-ring (bicyclic) bond motifs is 1. The molecule has 1 N–H and O–H groups in total. The number of nitrogens with one attached hydrogen (secondary N) is 1. The van der Waals surface area contributed by atoms with Crippen molar-refractivity contribution in [3.63, 3.8) is 0 Å². The van der Waals surface area contributed by atoms with Crippen molar-refractivity contribution in [3.8, 4) is 0 Å². The van der Waals surface area contributed by atoms with Crippen LogP contribution in [-0.2, 0) is 7.05 Å². The monoisotopic (exact) mass is 335 g/mol. The van der Waals surface area contributed by atoms with Gasteiger partial charge in [0.2, 0.25) is 0 Å². The van der Waals surface area contributed by atoms with Crippen molar-refractivity contribution in [1.29, 1.82) is 0 Å². The predicted molar refractivity (Wildman–Crippen MR) is 85.6 cm³/mol. The van der Waals surface area contributed by atoms with Gasteiger partial charge in [-0.15, -0.1) is 11.3 Å². The fraction of sp³-hybridized carbons (Fsp3) is 0.250. The average molecular weight is 335 g/mol. The number of thiophene rings is 1. The summed E-state index contributed by atoms with van der Waals surface area (Å²) in [5.74, 6) is -2.07. The SMILES string of the molecule is Cc1nn(C)c2sc(C(=O)NC(C)c3ccc(F)c(F)c3)cc12. The van der Waals surface area contributed by atoms with Crippen LogP contribution in [0.5, 0.6) is 0 Å². The van der Waals surface area contributed by atoms with Crippen molar-refractivity contribution in [2.75, 3.05) is 0 Å². The third-order valence-electron chi connectivity index (χ3n) is 3.71. The van der Waals surface area contributed by atoms with E-state index in [-0.39, 0.29) is 5.91 Å². The van der Waals surface area contributed by atoms with Crippen molar-refractivity contribution >= 4 is 27.5 Å². The number of aromatic nitrogens is 2. The van der Waals surface area contributed by atoms with Crippen LogP contribution in [0.1, 0.15) is 33.9 Å². The van der Waals surface area contributed by atoms with Gasteiger partial charge < -0.3 is 5.32 Å². The van der Waals surface area contributed by atoms with Crippen molar-refractivity contribution in [1.82, 2.24) is 15.1 Å². The van der Waals surface area contributed by atoms with Gasteiger partial charge in [0.1, 0.15) is 4.83 Å². The second-order valence-electron chi connectivity index (χ2n) is 5.41. The van der Waals surface area contributed by atoms with Gasteiger partial charge in [0.15, 0.2) is 11.6 Å². The van der Waals surface area contributed by atoms with Crippen LogP contribution in [0.3, 0.4) is 0 Å². The number of carbonyl (C=O) groups is 1. The number of hydrogen-bond donors (Lipinski definition) is 1. The minimum absolute atomic E-state index is 0.247. The molecule has 1 amide bonds. The van der Waals surface area contributed by atoms with Crippen LogP contribution in [0, 0.1) is 18.6 Å². The van der Waals surface area contributed by atoms with E-state index in [9.17, 15) is 13.6 Å². The molecule has 7 heteroatoms. The third-order valence-corrected chi connectivity index (χ3v) is 4.91. The molecular weight excluding hydrogens is 320 g/mol. The quantitative estimate of drug-likeness (QED) is 0.793. The highest BCUT2D eigenvalue weighted by Crippen LogP contribution is 2.28. The van der Waals surface area contributed by atoms with Gasteiger partial charge in [0, 0.05) is 12.4 Å². The van der Waals surface area contributed by atoms with Crippen molar-refractivity contribution in [2.45, 2.75) is 19.9 Å². The van der Waals surface area contributed by atoms with Crippen LogP contribution in [0.2, 0.25) is 0 Å². The van der Waals surface area contributed by atoms with E-state index in [2.05, 4.69) is 10.4 Å². The van der Waals surface area contributed by atoms with Crippen LogP contribution in [0.4, 0.5) is 8.78 Å². The van der Waals surface area contributed by atoms with Crippen LogP contribution >= 0.6 is 11.3 Å². The standard InChI is InChI=1S/C16H15F2N3OS/c1-8(10-4-5-12(17)13(18)6-10)19-15(22)14-7-11-9(2)20-21(3)16(11)23-14/h4-8H,1-3H3,(H,19,22). The number of aryl methyl sites for hydroxylation is 2. The molecule has 0 saturated carbocycles. The van der Waals surface area contributed by atoms with Gasteiger partial charge in [0.05, 0.1) is 16.6 Å². The summed E-state index contributed by atoms with van der Waals surface area (Å²) in [7, 11) is 1.83. The van der Waals surface area contributed by atoms with Crippen molar-refractivity contribution in [3.05, 3.63) is 52.0 Å². The van der Waals surface area contributed by atoms with Crippen molar-refractivity contribution < 1.29 is 13.6 Å². The Morgan fingerprint density at radius 1 is 1.30 bits per heavy atom. The van der Waals surface area contributed by atoms with Gasteiger partial charge in [-0.25, -0.2) is 8.78 Å². The molecule has 0 fully saturated rings. The maximum absolute atomic E-state index is 13.3. The first-order chi connectivity index (χ1) is 10.9. The Balaban J connectivity index is 1.81. The molecular formula is C16H15F2N3OS. The Hall–Kier alpha value is -2.28. The van der Waals surface area contributed by atoms with E-state index in [1.807, 2.05) is 14.0 Å². The van der Waals surface area contributed by atoms with E-state index >= 15 is 0 Å². The lowest BCUT2D eigenvalue weighted by atomic mass is 10.1. The highest BCUT2D eigenvalue weighted by atomic mass is 32.1.